The summed E-state index contributed by atoms with van der Waals surface area (Å²) in [6.07, 6.45) is -17.8. The highest BCUT2D eigenvalue weighted by Crippen LogP contribution is 2.56. The van der Waals surface area contributed by atoms with Crippen molar-refractivity contribution in [3.8, 4) is 0 Å². The SMILES string of the molecule is CC(OC(=O)C12CC3OC1C(OC2=O)C3O)(C(F)(F)F)C(F)(F)F. The summed E-state index contributed by atoms with van der Waals surface area (Å²) in [7, 11) is 0. The van der Waals surface area contributed by atoms with Crippen LogP contribution in [0.3, 0.4) is 0 Å². The molecule has 3 saturated heterocycles. The lowest BCUT2D eigenvalue weighted by Crippen LogP contribution is -2.60. The maximum Gasteiger partial charge on any atom is 0.437 e. The Hall–Kier alpha value is -1.56. The van der Waals surface area contributed by atoms with Crippen molar-refractivity contribution in [1.29, 1.82) is 0 Å². The third-order valence-corrected chi connectivity index (χ3v) is 4.70. The first-order valence-electron chi connectivity index (χ1n) is 6.67. The Morgan fingerprint density at radius 2 is 1.79 bits per heavy atom. The Morgan fingerprint density at radius 3 is 2.25 bits per heavy atom. The van der Waals surface area contributed by atoms with Crippen molar-refractivity contribution in [3.05, 3.63) is 0 Å². The van der Waals surface area contributed by atoms with Crippen molar-refractivity contribution >= 4 is 11.9 Å². The number of hydrogen-bond donors (Lipinski definition) is 1. The first kappa shape index (κ1) is 17.3. The van der Waals surface area contributed by atoms with Crippen LogP contribution in [0.1, 0.15) is 13.3 Å². The number of aliphatic hydroxyl groups excluding tert-OH is 1. The Morgan fingerprint density at radius 1 is 1.25 bits per heavy atom. The topological polar surface area (TPSA) is 82.1 Å². The zero-order valence-electron chi connectivity index (χ0n) is 11.8. The van der Waals surface area contributed by atoms with Crippen LogP contribution in [-0.2, 0) is 23.8 Å². The third kappa shape index (κ3) is 1.86. The zero-order valence-corrected chi connectivity index (χ0v) is 11.8. The quantitative estimate of drug-likeness (QED) is 0.445. The molecule has 0 aliphatic carbocycles. The number of fused-ring (bicyclic) bond motifs is 1. The van der Waals surface area contributed by atoms with E-state index in [-0.39, 0.29) is 6.92 Å². The van der Waals surface area contributed by atoms with Gasteiger partial charge in [-0.05, 0) is 6.92 Å². The second-order valence-corrected chi connectivity index (χ2v) is 6.05. The number of esters is 2. The monoisotopic (exact) mass is 364 g/mol. The standard InChI is InChI=1S/C12H10F6O6/c1-9(11(13,14)15,12(16,17)18)24-8(21)10-2-3-4(19)5(6(10)22-3)23-7(10)20/h3-6,19H,2H2,1H3. The van der Waals surface area contributed by atoms with Crippen LogP contribution in [0, 0.1) is 5.41 Å². The highest BCUT2D eigenvalue weighted by molar-refractivity contribution is 6.03. The van der Waals surface area contributed by atoms with E-state index in [1.54, 1.807) is 0 Å². The van der Waals surface area contributed by atoms with Crippen molar-refractivity contribution in [2.75, 3.05) is 0 Å². The van der Waals surface area contributed by atoms with Crippen LogP contribution in [-0.4, -0.2) is 59.4 Å². The summed E-state index contributed by atoms with van der Waals surface area (Å²) in [5.74, 6) is -3.40. The maximum absolute atomic E-state index is 12.8. The first-order valence-corrected chi connectivity index (χ1v) is 6.67. The van der Waals surface area contributed by atoms with Gasteiger partial charge in [-0.2, -0.15) is 26.3 Å². The minimum Gasteiger partial charge on any atom is -0.456 e. The summed E-state index contributed by atoms with van der Waals surface area (Å²) in [6.45, 7) is -0.345. The van der Waals surface area contributed by atoms with Gasteiger partial charge < -0.3 is 19.3 Å². The average molecular weight is 364 g/mol. The van der Waals surface area contributed by atoms with Gasteiger partial charge in [-0.3, -0.25) is 9.59 Å². The summed E-state index contributed by atoms with van der Waals surface area (Å²) < 4.78 is 90.7. The molecule has 3 aliphatic heterocycles. The zero-order chi connectivity index (χ0) is 18.3. The minimum atomic E-state index is -5.96. The van der Waals surface area contributed by atoms with E-state index >= 15 is 0 Å². The van der Waals surface area contributed by atoms with Gasteiger partial charge in [0.25, 0.3) is 5.60 Å². The Balaban J connectivity index is 1.94. The number of ether oxygens (including phenoxy) is 3. The van der Waals surface area contributed by atoms with E-state index in [0.29, 0.717) is 0 Å². The highest BCUT2D eigenvalue weighted by Gasteiger charge is 2.79. The summed E-state index contributed by atoms with van der Waals surface area (Å²) in [5.41, 5.74) is -7.24. The van der Waals surface area contributed by atoms with Gasteiger partial charge in [0.15, 0.2) is 11.5 Å². The largest absolute Gasteiger partial charge is 0.456 e. The molecule has 0 spiro atoms. The summed E-state index contributed by atoms with van der Waals surface area (Å²) in [4.78, 5) is 24.1. The van der Waals surface area contributed by atoms with Gasteiger partial charge in [-0.25, -0.2) is 0 Å². The van der Waals surface area contributed by atoms with Gasteiger partial charge in [-0.15, -0.1) is 0 Å². The van der Waals surface area contributed by atoms with Gasteiger partial charge in [0, 0.05) is 6.42 Å². The molecule has 0 radical (unpaired) electrons. The number of aliphatic hydroxyl groups is 1. The molecule has 0 aromatic heterocycles. The molecule has 12 heteroatoms. The Kier molecular flexibility index (Phi) is 3.26. The highest BCUT2D eigenvalue weighted by atomic mass is 19.4. The number of carbonyl (C=O) groups excluding carboxylic acids is 2. The lowest BCUT2D eigenvalue weighted by molar-refractivity contribution is -0.364. The molecule has 3 fully saturated rings. The van der Waals surface area contributed by atoms with Gasteiger partial charge in [0.1, 0.15) is 12.2 Å². The molecule has 0 aromatic carbocycles. The number of hydrogen-bond acceptors (Lipinski definition) is 6. The average Bonchev–Trinajstić information content (AvgIpc) is 2.99. The minimum absolute atomic E-state index is 0.345. The van der Waals surface area contributed by atoms with Crippen LogP contribution in [0.4, 0.5) is 26.3 Å². The van der Waals surface area contributed by atoms with E-state index < -0.39 is 66.1 Å². The molecule has 136 valence electrons. The molecule has 5 atom stereocenters. The summed E-state index contributed by atoms with van der Waals surface area (Å²) in [5, 5.41) is 9.70. The van der Waals surface area contributed by atoms with Crippen LogP contribution in [0.5, 0.6) is 0 Å². The van der Waals surface area contributed by atoms with Crippen LogP contribution in [0.15, 0.2) is 0 Å². The van der Waals surface area contributed by atoms with E-state index in [1.807, 2.05) is 0 Å². The second-order valence-electron chi connectivity index (χ2n) is 6.05. The molecule has 5 unspecified atom stereocenters. The molecular formula is C12H10F6O6. The van der Waals surface area contributed by atoms with Gasteiger partial charge in [0.05, 0.1) is 6.10 Å². The van der Waals surface area contributed by atoms with Crippen molar-refractivity contribution < 1.29 is 55.2 Å². The van der Waals surface area contributed by atoms with E-state index in [1.165, 1.54) is 0 Å². The molecule has 2 bridgehead atoms. The Bertz CT molecular complexity index is 586. The third-order valence-electron chi connectivity index (χ3n) is 4.70. The normalized spacial score (nSPS) is 38.4. The van der Waals surface area contributed by atoms with E-state index in [4.69, 9.17) is 4.74 Å². The van der Waals surface area contributed by atoms with Gasteiger partial charge in [-0.1, -0.05) is 0 Å². The van der Waals surface area contributed by atoms with Crippen molar-refractivity contribution in [2.45, 2.75) is 55.7 Å². The van der Waals surface area contributed by atoms with E-state index in [9.17, 15) is 41.0 Å². The van der Waals surface area contributed by atoms with Crippen molar-refractivity contribution in [3.63, 3.8) is 0 Å². The molecule has 1 N–H and O–H groups in total. The fourth-order valence-corrected chi connectivity index (χ4v) is 3.13. The van der Waals surface area contributed by atoms with Gasteiger partial charge >= 0.3 is 24.3 Å². The van der Waals surface area contributed by atoms with Crippen LogP contribution >= 0.6 is 0 Å². The first-order chi connectivity index (χ1) is 10.8. The molecule has 3 rings (SSSR count). The molecular weight excluding hydrogens is 354 g/mol. The lowest BCUT2D eigenvalue weighted by Gasteiger charge is -2.36. The maximum atomic E-state index is 12.8. The Labute approximate surface area is 129 Å². The van der Waals surface area contributed by atoms with Crippen molar-refractivity contribution in [1.82, 2.24) is 0 Å². The number of rotatable bonds is 2. The van der Waals surface area contributed by atoms with E-state index in [0.717, 1.165) is 0 Å². The summed E-state index contributed by atoms with van der Waals surface area (Å²) >= 11 is 0. The molecule has 3 aliphatic rings. The van der Waals surface area contributed by atoms with Crippen LogP contribution in [0.25, 0.3) is 0 Å². The number of carbonyl (C=O) groups is 2. The molecule has 0 saturated carbocycles. The fourth-order valence-electron chi connectivity index (χ4n) is 3.13. The van der Waals surface area contributed by atoms with Gasteiger partial charge in [0.2, 0.25) is 0 Å². The molecule has 24 heavy (non-hydrogen) atoms. The fraction of sp³-hybridized carbons (Fsp3) is 0.833. The predicted octanol–water partition coefficient (Wildman–Crippen LogP) is 0.857. The molecule has 6 nitrogen and oxygen atoms in total. The second kappa shape index (κ2) is 4.54. The van der Waals surface area contributed by atoms with E-state index in [2.05, 4.69) is 9.47 Å². The lowest BCUT2D eigenvalue weighted by atomic mass is 9.74. The number of alkyl halides is 6. The predicted molar refractivity (Wildman–Crippen MR) is 58.2 cm³/mol. The van der Waals surface area contributed by atoms with Crippen LogP contribution < -0.4 is 0 Å². The van der Waals surface area contributed by atoms with Crippen molar-refractivity contribution in [2.24, 2.45) is 5.41 Å². The molecule has 3 heterocycles. The number of halogens is 6. The van der Waals surface area contributed by atoms with Crippen LogP contribution in [0.2, 0.25) is 0 Å². The molecule has 0 aromatic rings. The summed E-state index contributed by atoms with van der Waals surface area (Å²) in [6, 6.07) is 0. The molecule has 0 amide bonds. The smallest absolute Gasteiger partial charge is 0.437 e.